The van der Waals surface area contributed by atoms with Gasteiger partial charge in [0.1, 0.15) is 5.75 Å². The molecule has 1 aromatic carbocycles. The Morgan fingerprint density at radius 2 is 1.79 bits per heavy atom. The largest absolute Gasteiger partial charge is 0.573 e. The average molecular weight is 516 g/mol. The van der Waals surface area contributed by atoms with Gasteiger partial charge in [-0.3, -0.25) is 4.99 Å². The highest BCUT2D eigenvalue weighted by atomic mass is 127. The Morgan fingerprint density at radius 3 is 2.36 bits per heavy atom. The number of alkyl halides is 3. The van der Waals surface area contributed by atoms with Crippen molar-refractivity contribution in [3.63, 3.8) is 0 Å². The van der Waals surface area contributed by atoms with Gasteiger partial charge < -0.3 is 24.6 Å². The van der Waals surface area contributed by atoms with Gasteiger partial charge in [-0.15, -0.1) is 37.1 Å². The van der Waals surface area contributed by atoms with Gasteiger partial charge in [-0.2, -0.15) is 0 Å². The molecule has 28 heavy (non-hydrogen) atoms. The van der Waals surface area contributed by atoms with E-state index in [0.29, 0.717) is 44.3 Å². The Kier molecular flexibility index (Phi) is 9.62. The molecule has 158 valence electrons. The number of benzene rings is 1. The first-order valence-corrected chi connectivity index (χ1v) is 8.55. The molecule has 0 radical (unpaired) electrons. The highest BCUT2D eigenvalue weighted by Crippen LogP contribution is 2.26. The number of ether oxygens (including phenoxy) is 2. The van der Waals surface area contributed by atoms with Crippen LogP contribution in [0, 0.1) is 0 Å². The van der Waals surface area contributed by atoms with Crippen LogP contribution in [0.4, 0.5) is 18.0 Å². The minimum absolute atomic E-state index is 0. The van der Waals surface area contributed by atoms with Crippen molar-refractivity contribution in [3.8, 4) is 5.75 Å². The molecule has 1 heterocycles. The first kappa shape index (κ1) is 24.1. The Hall–Kier alpha value is -1.92. The topological polar surface area (TPSA) is 66.4 Å². The third-order valence-electron chi connectivity index (χ3n) is 3.95. The predicted octanol–water partition coefficient (Wildman–Crippen LogP) is 3.05. The molecule has 0 unspecified atom stereocenters. The second-order valence-electron chi connectivity index (χ2n) is 5.73. The van der Waals surface area contributed by atoms with Gasteiger partial charge in [0.25, 0.3) is 0 Å². The highest BCUT2D eigenvalue weighted by Gasteiger charge is 2.32. The molecule has 1 saturated heterocycles. The van der Waals surface area contributed by atoms with Crippen molar-refractivity contribution >= 4 is 36.0 Å². The van der Waals surface area contributed by atoms with E-state index in [-0.39, 0.29) is 42.4 Å². The van der Waals surface area contributed by atoms with Gasteiger partial charge in [0, 0.05) is 45.3 Å². The van der Waals surface area contributed by atoms with Gasteiger partial charge in [-0.05, 0) is 13.0 Å². The summed E-state index contributed by atoms with van der Waals surface area (Å²) in [6, 6.07) is 5.94. The summed E-state index contributed by atoms with van der Waals surface area (Å²) < 4.78 is 46.6. The number of nitrogens with one attached hydrogen (secondary N) is 1. The van der Waals surface area contributed by atoms with Gasteiger partial charge >= 0.3 is 12.5 Å². The molecule has 0 bridgehead atoms. The van der Waals surface area contributed by atoms with E-state index in [1.54, 1.807) is 31.0 Å². The number of rotatable bonds is 4. The molecular formula is C17H24F3IN4O3. The molecule has 0 aromatic heterocycles. The van der Waals surface area contributed by atoms with Crippen LogP contribution < -0.4 is 10.1 Å². The molecule has 0 aliphatic carbocycles. The van der Waals surface area contributed by atoms with Crippen LogP contribution in [0.5, 0.6) is 5.75 Å². The zero-order valence-electron chi connectivity index (χ0n) is 15.7. The minimum Gasteiger partial charge on any atom is -0.450 e. The second-order valence-corrected chi connectivity index (χ2v) is 5.73. The molecule has 7 nitrogen and oxygen atoms in total. The van der Waals surface area contributed by atoms with Crippen LogP contribution in [0.2, 0.25) is 0 Å². The second kappa shape index (κ2) is 11.2. The number of carbonyl (C=O) groups excluding carboxylic acids is 1. The van der Waals surface area contributed by atoms with Gasteiger partial charge in [0.2, 0.25) is 0 Å². The molecule has 1 N–H and O–H groups in total. The lowest BCUT2D eigenvalue weighted by atomic mass is 10.2. The number of hydrogen-bond acceptors (Lipinski definition) is 4. The number of para-hydroxylation sites is 1. The first-order chi connectivity index (χ1) is 12.8. The molecule has 1 aliphatic heterocycles. The Balaban J connectivity index is 0.00000392. The van der Waals surface area contributed by atoms with Crippen LogP contribution in [-0.2, 0) is 11.3 Å². The van der Waals surface area contributed by atoms with Gasteiger partial charge in [0.05, 0.1) is 6.61 Å². The maximum Gasteiger partial charge on any atom is 0.573 e. The van der Waals surface area contributed by atoms with Crippen molar-refractivity contribution in [3.05, 3.63) is 29.8 Å². The lowest BCUT2D eigenvalue weighted by molar-refractivity contribution is -0.274. The van der Waals surface area contributed by atoms with Crippen molar-refractivity contribution in [2.24, 2.45) is 4.99 Å². The maximum atomic E-state index is 12.5. The van der Waals surface area contributed by atoms with E-state index in [0.717, 1.165) is 0 Å². The number of piperazine rings is 1. The summed E-state index contributed by atoms with van der Waals surface area (Å²) in [6.07, 6.45) is -5.10. The van der Waals surface area contributed by atoms with Gasteiger partial charge in [-0.25, -0.2) is 4.79 Å². The minimum atomic E-state index is -4.75. The van der Waals surface area contributed by atoms with E-state index >= 15 is 0 Å². The summed E-state index contributed by atoms with van der Waals surface area (Å²) in [5.41, 5.74) is 0.362. The average Bonchev–Trinajstić information content (AvgIpc) is 2.63. The van der Waals surface area contributed by atoms with Crippen LogP contribution >= 0.6 is 24.0 Å². The summed E-state index contributed by atoms with van der Waals surface area (Å²) in [5.74, 6) is 0.292. The molecule has 1 aromatic rings. The van der Waals surface area contributed by atoms with E-state index in [9.17, 15) is 18.0 Å². The number of aliphatic imine (C=N–C) groups is 1. The fourth-order valence-corrected chi connectivity index (χ4v) is 2.70. The van der Waals surface area contributed by atoms with Crippen LogP contribution in [0.25, 0.3) is 0 Å². The Bertz CT molecular complexity index is 665. The van der Waals surface area contributed by atoms with E-state index in [1.165, 1.54) is 12.1 Å². The summed E-state index contributed by atoms with van der Waals surface area (Å²) >= 11 is 0. The van der Waals surface area contributed by atoms with Crippen LogP contribution in [-0.4, -0.2) is 68.0 Å². The lowest BCUT2D eigenvalue weighted by Gasteiger charge is -2.35. The number of carbonyl (C=O) groups is 1. The zero-order chi connectivity index (χ0) is 19.9. The third-order valence-corrected chi connectivity index (χ3v) is 3.95. The molecule has 0 atom stereocenters. The molecule has 0 spiro atoms. The van der Waals surface area contributed by atoms with Gasteiger partial charge in [-0.1, -0.05) is 18.2 Å². The number of amides is 1. The van der Waals surface area contributed by atoms with E-state index in [1.807, 2.05) is 4.90 Å². The van der Waals surface area contributed by atoms with E-state index in [4.69, 9.17) is 4.74 Å². The fraction of sp³-hybridized carbons (Fsp3) is 0.529. The summed E-state index contributed by atoms with van der Waals surface area (Å²) in [4.78, 5) is 19.5. The summed E-state index contributed by atoms with van der Waals surface area (Å²) in [7, 11) is 1.60. The van der Waals surface area contributed by atoms with Crippen molar-refractivity contribution < 1.29 is 27.4 Å². The molecule has 11 heteroatoms. The molecule has 1 fully saturated rings. The van der Waals surface area contributed by atoms with Crippen LogP contribution in [0.3, 0.4) is 0 Å². The predicted molar refractivity (Wildman–Crippen MR) is 109 cm³/mol. The van der Waals surface area contributed by atoms with Gasteiger partial charge in [0.15, 0.2) is 5.96 Å². The normalized spacial score (nSPS) is 15.0. The molecular weight excluding hydrogens is 492 g/mol. The molecule has 1 aliphatic rings. The zero-order valence-corrected chi connectivity index (χ0v) is 18.0. The van der Waals surface area contributed by atoms with Crippen LogP contribution in [0.15, 0.2) is 29.3 Å². The van der Waals surface area contributed by atoms with E-state index in [2.05, 4.69) is 15.0 Å². The fourth-order valence-electron chi connectivity index (χ4n) is 2.70. The van der Waals surface area contributed by atoms with Crippen molar-refractivity contribution in [1.29, 1.82) is 0 Å². The molecule has 2 rings (SSSR count). The number of nitrogens with zero attached hydrogens (tertiary/aromatic N) is 3. The Morgan fingerprint density at radius 1 is 1.18 bits per heavy atom. The third kappa shape index (κ3) is 7.24. The smallest absolute Gasteiger partial charge is 0.450 e. The van der Waals surface area contributed by atoms with E-state index < -0.39 is 6.36 Å². The van der Waals surface area contributed by atoms with Crippen molar-refractivity contribution in [1.82, 2.24) is 15.1 Å². The van der Waals surface area contributed by atoms with Crippen LogP contribution in [0.1, 0.15) is 12.5 Å². The number of halogens is 4. The first-order valence-electron chi connectivity index (χ1n) is 8.55. The molecule has 0 saturated carbocycles. The summed E-state index contributed by atoms with van der Waals surface area (Å²) in [6.45, 7) is 4.23. The SMILES string of the molecule is CCOC(=O)N1CCN(C(=NC)NCc2ccccc2OC(F)(F)F)CC1.I. The van der Waals surface area contributed by atoms with Crippen molar-refractivity contribution in [2.45, 2.75) is 19.8 Å². The molecule has 1 amide bonds. The number of hydrogen-bond donors (Lipinski definition) is 1. The summed E-state index contributed by atoms with van der Waals surface area (Å²) in [5, 5.41) is 3.04. The van der Waals surface area contributed by atoms with Crippen molar-refractivity contribution in [2.75, 3.05) is 39.8 Å². The maximum absolute atomic E-state index is 12.5. The standard InChI is InChI=1S/C17H23F3N4O3.HI/c1-3-26-16(25)24-10-8-23(9-11-24)15(21-2)22-12-13-6-4-5-7-14(13)27-17(18,19)20;/h4-7H,3,8-12H2,1-2H3,(H,21,22);1H. The number of guanidine groups is 1. The highest BCUT2D eigenvalue weighted by molar-refractivity contribution is 14.0. The monoisotopic (exact) mass is 516 g/mol. The quantitative estimate of drug-likeness (QED) is 0.379. The lowest BCUT2D eigenvalue weighted by Crippen LogP contribution is -2.53. The Labute approximate surface area is 178 Å².